The highest BCUT2D eigenvalue weighted by atomic mass is 35.5. The number of anilines is 5. The number of nitro groups is 1. The van der Waals surface area contributed by atoms with Crippen LogP contribution in [0.4, 0.5) is 34.1 Å². The standard InChI is InChI=1S/C31H26Cl2N4O4.C31H28Cl2N4O2/c1-34-26-16-21(7-13-29(26)37(39)40)30-25-17-23(33)10-14-28(25)36(18-20-5-11-24(41-2)12-6-20)31(38)27(35-30)15-19-3-8-22(32)9-4-19;1-35-27-16-21(7-13-26(27)34)30-25-17-23(33)10-14-29(25)37(18-20-5-11-24(39-2)12-6-20)31(38)28(36-30)15-19-3-8-22(32)9-4-19/h3-14,16-17,27,34H,15,18H2,1-2H3;3-14,16-17,28,35H,15,18,34H2,1-2H3. The van der Waals surface area contributed by atoms with Crippen LogP contribution in [0.5, 0.6) is 11.5 Å². The van der Waals surface area contributed by atoms with Gasteiger partial charge in [-0.15, -0.1) is 0 Å². The Hall–Kier alpha value is -8.40. The molecule has 406 valence electrons. The molecule has 2 aliphatic heterocycles. The molecule has 2 heterocycles. The average molecular weight is 1150 g/mol. The van der Waals surface area contributed by atoms with Gasteiger partial charge >= 0.3 is 0 Å². The summed E-state index contributed by atoms with van der Waals surface area (Å²) in [6.45, 7) is 0.653. The van der Waals surface area contributed by atoms with Crippen molar-refractivity contribution in [3.05, 3.63) is 245 Å². The molecule has 0 spiro atoms. The van der Waals surface area contributed by atoms with E-state index in [1.54, 1.807) is 73.5 Å². The van der Waals surface area contributed by atoms with Crippen LogP contribution in [0.2, 0.25) is 20.1 Å². The second-order valence-electron chi connectivity index (χ2n) is 18.8. The summed E-state index contributed by atoms with van der Waals surface area (Å²) in [4.78, 5) is 53.3. The first-order valence-corrected chi connectivity index (χ1v) is 26.8. The van der Waals surface area contributed by atoms with Gasteiger partial charge in [0.1, 0.15) is 29.3 Å². The van der Waals surface area contributed by atoms with Gasteiger partial charge in [0.25, 0.3) is 17.5 Å². The summed E-state index contributed by atoms with van der Waals surface area (Å²) in [7, 11) is 6.67. The summed E-state index contributed by atoms with van der Waals surface area (Å²) in [5.74, 6) is 1.17. The highest BCUT2D eigenvalue weighted by molar-refractivity contribution is 6.33. The van der Waals surface area contributed by atoms with Gasteiger partial charge in [0, 0.05) is 75.3 Å². The van der Waals surface area contributed by atoms with Crippen LogP contribution in [0.1, 0.15) is 44.5 Å². The first kappa shape index (κ1) is 56.3. The third-order valence-electron chi connectivity index (χ3n) is 13.7. The van der Waals surface area contributed by atoms with Crippen LogP contribution in [0, 0.1) is 10.1 Å². The molecule has 10 rings (SSSR count). The molecule has 0 bridgehead atoms. The molecule has 0 saturated heterocycles. The Morgan fingerprint density at radius 1 is 0.525 bits per heavy atom. The number of aliphatic imine (C=N–C) groups is 2. The molecule has 8 aromatic carbocycles. The lowest BCUT2D eigenvalue weighted by Gasteiger charge is -2.26. The number of nitrogens with zero attached hydrogens (tertiary/aromatic N) is 5. The van der Waals surface area contributed by atoms with Gasteiger partial charge in [0.15, 0.2) is 0 Å². The number of hydrogen-bond donors (Lipinski definition) is 3. The van der Waals surface area contributed by atoms with Crippen molar-refractivity contribution in [2.75, 3.05) is 54.5 Å². The lowest BCUT2D eigenvalue weighted by molar-refractivity contribution is -0.383. The third-order valence-corrected chi connectivity index (χ3v) is 14.7. The lowest BCUT2D eigenvalue weighted by atomic mass is 9.99. The monoisotopic (exact) mass is 1150 g/mol. The SMILES string of the molecule is CNc1cc(C2=NC(Cc3ccc(Cl)cc3)C(=O)N(Cc3ccc(OC)cc3)c3ccc(Cl)cc32)ccc1N.CNc1cc(C2=NC(Cc3ccc(Cl)cc3)C(=O)N(Cc3ccc(OC)cc3)c3ccc(Cl)cc32)ccc1[N+](=O)[O-]. The normalized spacial score (nSPS) is 14.8. The zero-order valence-electron chi connectivity index (χ0n) is 43.9. The van der Waals surface area contributed by atoms with Crippen LogP contribution in [0.15, 0.2) is 180 Å². The number of rotatable bonds is 15. The van der Waals surface area contributed by atoms with E-state index in [1.165, 1.54) is 6.07 Å². The maximum Gasteiger partial charge on any atom is 0.292 e. The predicted molar refractivity (Wildman–Crippen MR) is 323 cm³/mol. The Bertz CT molecular complexity index is 3660. The molecule has 0 aromatic heterocycles. The predicted octanol–water partition coefficient (Wildman–Crippen LogP) is 13.6. The van der Waals surface area contributed by atoms with Gasteiger partial charge in [-0.25, -0.2) is 0 Å². The second-order valence-corrected chi connectivity index (χ2v) is 20.6. The van der Waals surface area contributed by atoms with E-state index in [1.807, 2.05) is 128 Å². The number of ether oxygens (including phenoxy) is 2. The fraction of sp³-hybridized carbons (Fsp3) is 0.161. The number of nitrogens with two attached hydrogens (primary N) is 1. The summed E-state index contributed by atoms with van der Waals surface area (Å²) in [6, 6.07) is 49.9. The van der Waals surface area contributed by atoms with Gasteiger partial charge in [-0.3, -0.25) is 29.7 Å². The molecule has 0 radical (unpaired) electrons. The quantitative estimate of drug-likeness (QED) is 0.0512. The molecule has 4 N–H and O–H groups in total. The van der Waals surface area contributed by atoms with Crippen LogP contribution >= 0.6 is 46.4 Å². The molecule has 2 unspecified atom stereocenters. The van der Waals surface area contributed by atoms with Crippen LogP contribution in [-0.2, 0) is 35.5 Å². The van der Waals surface area contributed by atoms with Gasteiger partial charge in [-0.2, -0.15) is 0 Å². The number of carbonyl (C=O) groups excluding carboxylic acids is 2. The molecule has 0 saturated carbocycles. The number of benzene rings is 8. The van der Waals surface area contributed by atoms with Crippen LogP contribution in [0.3, 0.4) is 0 Å². The van der Waals surface area contributed by atoms with E-state index in [-0.39, 0.29) is 17.5 Å². The number of nitro benzene ring substituents is 1. The molecule has 80 heavy (non-hydrogen) atoms. The van der Waals surface area contributed by atoms with Gasteiger partial charge in [-0.1, -0.05) is 101 Å². The molecule has 2 amide bonds. The van der Waals surface area contributed by atoms with Crippen molar-refractivity contribution in [1.82, 2.24) is 0 Å². The van der Waals surface area contributed by atoms with E-state index in [2.05, 4.69) is 10.6 Å². The number of nitrogen functional groups attached to an aromatic ring is 1. The number of nitrogens with one attached hydrogen (secondary N) is 2. The highest BCUT2D eigenvalue weighted by Gasteiger charge is 2.35. The van der Waals surface area contributed by atoms with E-state index in [9.17, 15) is 19.7 Å². The summed E-state index contributed by atoms with van der Waals surface area (Å²) >= 11 is 25.2. The van der Waals surface area contributed by atoms with Gasteiger partial charge in [-0.05, 0) is 131 Å². The van der Waals surface area contributed by atoms with E-state index >= 15 is 0 Å². The van der Waals surface area contributed by atoms with E-state index in [0.29, 0.717) is 91.4 Å². The molecule has 2 atom stereocenters. The van der Waals surface area contributed by atoms with Crippen molar-refractivity contribution in [2.45, 2.75) is 38.0 Å². The molecule has 18 heteroatoms. The van der Waals surface area contributed by atoms with Gasteiger partial charge in [0.2, 0.25) is 0 Å². The molecule has 0 aliphatic carbocycles. The lowest BCUT2D eigenvalue weighted by Crippen LogP contribution is -2.38. The van der Waals surface area contributed by atoms with E-state index in [4.69, 9.17) is 71.6 Å². The van der Waals surface area contributed by atoms with Crippen LogP contribution < -0.4 is 35.6 Å². The Morgan fingerprint density at radius 2 is 0.912 bits per heavy atom. The Morgan fingerprint density at radius 3 is 1.31 bits per heavy atom. The number of methoxy groups -OCH3 is 2. The maximum absolute atomic E-state index is 14.3. The molecule has 14 nitrogen and oxygen atoms in total. The van der Waals surface area contributed by atoms with Crippen LogP contribution in [0.25, 0.3) is 0 Å². The van der Waals surface area contributed by atoms with Gasteiger partial charge in [0.05, 0.1) is 66.4 Å². The van der Waals surface area contributed by atoms with E-state index < -0.39 is 17.0 Å². The van der Waals surface area contributed by atoms with Crippen molar-refractivity contribution >= 4 is 104 Å². The maximum atomic E-state index is 14.3. The average Bonchev–Trinajstić information content (AvgIpc) is 3.65. The smallest absolute Gasteiger partial charge is 0.292 e. The second kappa shape index (κ2) is 25.2. The molecular formula is C62H54Cl4N8O6. The van der Waals surface area contributed by atoms with Gasteiger partial charge < -0.3 is 35.6 Å². The number of fused-ring (bicyclic) bond motifs is 2. The Kier molecular flexibility index (Phi) is 17.7. The zero-order chi connectivity index (χ0) is 56.6. The number of carbonyl (C=O) groups is 2. The molecular weight excluding hydrogens is 1090 g/mol. The number of halogens is 4. The molecule has 2 aliphatic rings. The topological polar surface area (TPSA) is 177 Å². The van der Waals surface area contributed by atoms with Crippen molar-refractivity contribution in [1.29, 1.82) is 0 Å². The highest BCUT2D eigenvalue weighted by Crippen LogP contribution is 2.37. The fourth-order valence-electron chi connectivity index (χ4n) is 9.55. The first-order valence-electron chi connectivity index (χ1n) is 25.3. The Balaban J connectivity index is 0.000000194. The number of hydrogen-bond acceptors (Lipinski definition) is 11. The minimum atomic E-state index is -0.788. The zero-order valence-corrected chi connectivity index (χ0v) is 46.9. The van der Waals surface area contributed by atoms with Crippen molar-refractivity contribution in [3.8, 4) is 11.5 Å². The summed E-state index contributed by atoms with van der Waals surface area (Å²) in [6.07, 6.45) is 0.737. The first-order chi connectivity index (χ1) is 38.6. The fourth-order valence-corrected chi connectivity index (χ4v) is 10.2. The summed E-state index contributed by atoms with van der Waals surface area (Å²) in [5, 5.41) is 19.9. The van der Waals surface area contributed by atoms with E-state index in [0.717, 1.165) is 50.5 Å². The summed E-state index contributed by atoms with van der Waals surface area (Å²) < 4.78 is 10.6. The number of benzodiazepines with no additional fused rings is 2. The minimum Gasteiger partial charge on any atom is -0.497 e. The third kappa shape index (κ3) is 12.9. The van der Waals surface area contributed by atoms with Crippen molar-refractivity contribution in [2.24, 2.45) is 9.98 Å². The molecule has 8 aromatic rings. The number of amides is 2. The largest absolute Gasteiger partial charge is 0.497 e. The van der Waals surface area contributed by atoms with Crippen molar-refractivity contribution in [3.63, 3.8) is 0 Å². The minimum absolute atomic E-state index is 0.0632. The molecule has 0 fully saturated rings. The van der Waals surface area contributed by atoms with Crippen LogP contribution in [-0.4, -0.2) is 68.6 Å². The summed E-state index contributed by atoms with van der Waals surface area (Å²) in [5.41, 5.74) is 17.0. The Labute approximate surface area is 483 Å². The van der Waals surface area contributed by atoms with Crippen molar-refractivity contribution < 1.29 is 24.0 Å².